The number of rotatable bonds is 9. The Morgan fingerprint density at radius 3 is 2.17 bits per heavy atom. The number of aromatic hydroxyl groups is 1. The van der Waals surface area contributed by atoms with Gasteiger partial charge in [-0.1, -0.05) is 31.7 Å². The largest absolute Gasteiger partial charge is 0.508 e. The molecular formula is C30H29N5O6S. The lowest BCUT2D eigenvalue weighted by Gasteiger charge is -2.15. The smallest absolute Gasteiger partial charge is 0.263 e. The van der Waals surface area contributed by atoms with E-state index in [4.69, 9.17) is 9.47 Å². The molecule has 4 N–H and O–H groups in total. The van der Waals surface area contributed by atoms with E-state index in [9.17, 15) is 18.3 Å². The van der Waals surface area contributed by atoms with Gasteiger partial charge in [-0.05, 0) is 48.5 Å². The predicted molar refractivity (Wildman–Crippen MR) is 162 cm³/mol. The molecule has 5 rings (SSSR count). The number of sulfonamides is 1. The van der Waals surface area contributed by atoms with Crippen LogP contribution in [-0.2, 0) is 10.0 Å². The summed E-state index contributed by atoms with van der Waals surface area (Å²) in [6.45, 7) is 0. The highest BCUT2D eigenvalue weighted by atomic mass is 32.2. The average Bonchev–Trinajstić information content (AvgIpc) is 2.97. The van der Waals surface area contributed by atoms with E-state index < -0.39 is 15.9 Å². The lowest BCUT2D eigenvalue weighted by Crippen LogP contribution is -2.17. The Hall–Kier alpha value is -5.36. The second-order valence-corrected chi connectivity index (χ2v) is 10.5. The van der Waals surface area contributed by atoms with Gasteiger partial charge in [-0.25, -0.2) is 18.4 Å². The number of anilines is 4. The van der Waals surface area contributed by atoms with E-state index in [1.54, 1.807) is 60.7 Å². The molecule has 0 aliphatic rings. The fraction of sp³-hybridized carbons (Fsp3) is 0.100. The highest BCUT2D eigenvalue weighted by molar-refractivity contribution is 7.92. The maximum Gasteiger partial charge on any atom is 0.263 e. The molecule has 0 fully saturated rings. The number of amides is 1. The third kappa shape index (κ3) is 6.67. The van der Waals surface area contributed by atoms with Crippen molar-refractivity contribution in [3.05, 3.63) is 96.6 Å². The number of hydrogen-bond acceptors (Lipinski definition) is 9. The summed E-state index contributed by atoms with van der Waals surface area (Å²) in [4.78, 5) is 21.7. The first-order valence-corrected chi connectivity index (χ1v) is 13.7. The van der Waals surface area contributed by atoms with E-state index in [1.807, 2.05) is 0 Å². The van der Waals surface area contributed by atoms with Gasteiger partial charge >= 0.3 is 0 Å². The molecule has 42 heavy (non-hydrogen) atoms. The molecular weight excluding hydrogens is 558 g/mol. The molecule has 11 nitrogen and oxygen atoms in total. The molecule has 216 valence electrons. The number of hydrogen-bond donors (Lipinski definition) is 4. The Kier molecular flexibility index (Phi) is 8.77. The molecule has 0 unspecified atom stereocenters. The molecule has 4 aromatic carbocycles. The summed E-state index contributed by atoms with van der Waals surface area (Å²) in [6, 6.07) is 23.9. The van der Waals surface area contributed by atoms with E-state index in [1.165, 1.54) is 44.6 Å². The molecule has 1 amide bonds. The van der Waals surface area contributed by atoms with Gasteiger partial charge in [-0.3, -0.25) is 9.52 Å². The number of para-hydroxylation sites is 2. The van der Waals surface area contributed by atoms with E-state index in [0.717, 1.165) is 0 Å². The molecule has 0 atom stereocenters. The van der Waals surface area contributed by atoms with Crippen molar-refractivity contribution in [2.45, 2.75) is 12.3 Å². The van der Waals surface area contributed by atoms with Crippen molar-refractivity contribution in [2.24, 2.45) is 0 Å². The molecule has 1 aromatic heterocycles. The third-order valence-electron chi connectivity index (χ3n) is 5.93. The van der Waals surface area contributed by atoms with E-state index >= 15 is 0 Å². The van der Waals surface area contributed by atoms with Crippen LogP contribution in [0.25, 0.3) is 11.0 Å². The van der Waals surface area contributed by atoms with Crippen molar-refractivity contribution in [1.82, 2.24) is 9.97 Å². The number of phenolic OH excluding ortho intramolecular Hbond substituents is 1. The van der Waals surface area contributed by atoms with Gasteiger partial charge in [0.05, 0.1) is 30.1 Å². The molecule has 0 aliphatic carbocycles. The number of carbonyl (C=O) groups is 1. The Labute approximate surface area is 243 Å². The summed E-state index contributed by atoms with van der Waals surface area (Å²) in [5.41, 5.74) is 2.00. The summed E-state index contributed by atoms with van der Waals surface area (Å²) in [5.74, 6) is 0.439. The molecule has 0 saturated carbocycles. The Balaban J connectivity index is 0.00000405. The van der Waals surface area contributed by atoms with Crippen molar-refractivity contribution in [3.8, 4) is 17.2 Å². The summed E-state index contributed by atoms with van der Waals surface area (Å²) in [7, 11) is -1.23. The van der Waals surface area contributed by atoms with Crippen molar-refractivity contribution in [1.29, 1.82) is 0 Å². The maximum absolute atomic E-state index is 13.5. The Bertz CT molecular complexity index is 1860. The summed E-state index contributed by atoms with van der Waals surface area (Å²) in [5, 5.41) is 15.8. The summed E-state index contributed by atoms with van der Waals surface area (Å²) >= 11 is 0. The van der Waals surface area contributed by atoms with Crippen LogP contribution in [0.2, 0.25) is 0 Å². The first kappa shape index (κ1) is 29.6. The van der Waals surface area contributed by atoms with E-state index in [-0.39, 0.29) is 35.4 Å². The average molecular weight is 588 g/mol. The van der Waals surface area contributed by atoms with Gasteiger partial charge in [0.2, 0.25) is 0 Å². The number of carbonyl (C=O) groups excluding carboxylic acids is 1. The minimum absolute atomic E-state index is 0. The first-order valence-electron chi connectivity index (χ1n) is 12.2. The van der Waals surface area contributed by atoms with Crippen LogP contribution < -0.4 is 24.8 Å². The quantitative estimate of drug-likeness (QED) is 0.168. The number of methoxy groups -OCH3 is 2. The van der Waals surface area contributed by atoms with E-state index in [2.05, 4.69) is 25.3 Å². The van der Waals surface area contributed by atoms with Gasteiger partial charge in [-0.2, -0.15) is 0 Å². The number of aromatic nitrogens is 2. The first-order chi connectivity index (χ1) is 19.7. The van der Waals surface area contributed by atoms with Crippen LogP contribution in [0, 0.1) is 0 Å². The number of phenols is 1. The summed E-state index contributed by atoms with van der Waals surface area (Å²) < 4.78 is 39.9. The third-order valence-corrected chi connectivity index (χ3v) is 7.26. The number of fused-ring (bicyclic) bond motifs is 1. The zero-order valence-corrected chi connectivity index (χ0v) is 22.8. The molecule has 1 heterocycles. The minimum atomic E-state index is -4.19. The lowest BCUT2D eigenvalue weighted by molar-refractivity contribution is 0.102. The zero-order valence-electron chi connectivity index (χ0n) is 22.0. The monoisotopic (exact) mass is 587 g/mol. The van der Waals surface area contributed by atoms with Crippen LogP contribution in [-0.4, -0.2) is 43.6 Å². The summed E-state index contributed by atoms with van der Waals surface area (Å²) in [6.07, 6.45) is 0. The Morgan fingerprint density at radius 2 is 1.45 bits per heavy atom. The van der Waals surface area contributed by atoms with Crippen molar-refractivity contribution < 1.29 is 27.8 Å². The SMILES string of the molecule is C.COc1cc(O)cc(Nc2nc3ccccc3nc2NS(=O)(=O)c2cccc(NC(=O)c3cccc(OC)c3)c2)c1. The number of ether oxygens (including phenoxy) is 2. The molecule has 0 bridgehead atoms. The predicted octanol–water partition coefficient (Wildman–Crippen LogP) is 5.79. The standard InChI is InChI=1S/C29H25N5O6S.CH4/c1-39-22-9-5-7-18(13-22)29(36)31-19-8-6-10-24(16-19)41(37,38)34-28-27(32-25-11-3-4-12-26(25)33-28)30-20-14-21(35)17-23(15-20)40-2;/h3-17,35H,1-2H3,(H,30,32)(H,31,36)(H,33,34);1H4. The number of nitrogens with zero attached hydrogens (tertiary/aromatic N) is 2. The second-order valence-electron chi connectivity index (χ2n) is 8.77. The molecule has 0 radical (unpaired) electrons. The highest BCUT2D eigenvalue weighted by Gasteiger charge is 2.20. The molecule has 0 spiro atoms. The van der Waals surface area contributed by atoms with Gasteiger partial charge in [0.25, 0.3) is 15.9 Å². The zero-order chi connectivity index (χ0) is 29.0. The van der Waals surface area contributed by atoms with Crippen LogP contribution in [0.5, 0.6) is 17.2 Å². The van der Waals surface area contributed by atoms with Gasteiger partial charge < -0.3 is 25.2 Å². The van der Waals surface area contributed by atoms with Crippen molar-refractivity contribution in [2.75, 3.05) is 29.6 Å². The van der Waals surface area contributed by atoms with Crippen molar-refractivity contribution in [3.63, 3.8) is 0 Å². The fourth-order valence-corrected chi connectivity index (χ4v) is 5.02. The maximum atomic E-state index is 13.5. The van der Waals surface area contributed by atoms with Crippen LogP contribution in [0.1, 0.15) is 17.8 Å². The minimum Gasteiger partial charge on any atom is -0.508 e. The topological polar surface area (TPSA) is 152 Å². The normalized spacial score (nSPS) is 10.8. The van der Waals surface area contributed by atoms with Gasteiger partial charge in [0, 0.05) is 35.1 Å². The van der Waals surface area contributed by atoms with Gasteiger partial charge in [0.1, 0.15) is 17.2 Å². The number of benzene rings is 4. The molecule has 12 heteroatoms. The van der Waals surface area contributed by atoms with Crippen LogP contribution in [0.15, 0.2) is 95.9 Å². The number of nitrogens with one attached hydrogen (secondary N) is 3. The van der Waals surface area contributed by atoms with Crippen LogP contribution in [0.4, 0.5) is 23.0 Å². The molecule has 0 aliphatic heterocycles. The fourth-order valence-electron chi connectivity index (χ4n) is 3.96. The molecule has 0 saturated heterocycles. The van der Waals surface area contributed by atoms with Crippen molar-refractivity contribution >= 4 is 50.0 Å². The van der Waals surface area contributed by atoms with Gasteiger partial charge in [-0.15, -0.1) is 0 Å². The highest BCUT2D eigenvalue weighted by Crippen LogP contribution is 2.31. The van der Waals surface area contributed by atoms with Gasteiger partial charge in [0.15, 0.2) is 11.6 Å². The van der Waals surface area contributed by atoms with E-state index in [0.29, 0.717) is 33.8 Å². The lowest BCUT2D eigenvalue weighted by atomic mass is 10.2. The van der Waals surface area contributed by atoms with Crippen LogP contribution in [0.3, 0.4) is 0 Å². The second kappa shape index (κ2) is 12.4. The Morgan fingerprint density at radius 1 is 0.762 bits per heavy atom. The molecule has 5 aromatic rings. The van der Waals surface area contributed by atoms with Crippen LogP contribution >= 0.6 is 0 Å².